The molecule has 3 aromatic carbocycles. The Morgan fingerprint density at radius 3 is 2.32 bits per heavy atom. The Labute approximate surface area is 234 Å². The lowest BCUT2D eigenvalue weighted by Gasteiger charge is -2.18. The highest BCUT2D eigenvalue weighted by molar-refractivity contribution is 7.89. The maximum absolute atomic E-state index is 12.9. The largest absolute Gasteiger partial charge is 0.497 e. The van der Waals surface area contributed by atoms with Crippen molar-refractivity contribution in [3.8, 4) is 16.9 Å². The minimum Gasteiger partial charge on any atom is -0.497 e. The molecule has 218 valence electrons. The van der Waals surface area contributed by atoms with Crippen LogP contribution in [0.25, 0.3) is 11.1 Å². The van der Waals surface area contributed by atoms with Crippen molar-refractivity contribution in [2.45, 2.75) is 30.1 Å². The molecule has 5 N–H and O–H groups in total. The molecule has 0 aromatic heterocycles. The van der Waals surface area contributed by atoms with Crippen LogP contribution in [0.4, 0.5) is 13.2 Å². The summed E-state index contributed by atoms with van der Waals surface area (Å²) in [5.74, 6) is -2.36. The Bertz CT molecular complexity index is 1530. The maximum Gasteiger partial charge on any atom is 0.490 e. The van der Waals surface area contributed by atoms with Gasteiger partial charge in [-0.05, 0) is 53.4 Å². The molecule has 41 heavy (non-hydrogen) atoms. The summed E-state index contributed by atoms with van der Waals surface area (Å²) < 4.78 is 65.4. The predicted molar refractivity (Wildman–Crippen MR) is 144 cm³/mol. The van der Waals surface area contributed by atoms with Gasteiger partial charge < -0.3 is 20.5 Å². The van der Waals surface area contributed by atoms with E-state index in [1.54, 1.807) is 42.3 Å². The van der Waals surface area contributed by atoms with Crippen LogP contribution in [-0.4, -0.2) is 62.0 Å². The van der Waals surface area contributed by atoms with Crippen LogP contribution in [0.15, 0.2) is 77.7 Å². The molecule has 14 heteroatoms. The van der Waals surface area contributed by atoms with Gasteiger partial charge in [0.2, 0.25) is 15.9 Å². The Balaban J connectivity index is 0.000000587. The highest BCUT2D eigenvalue weighted by Crippen LogP contribution is 2.25. The van der Waals surface area contributed by atoms with Crippen molar-refractivity contribution in [1.82, 2.24) is 9.62 Å². The third kappa shape index (κ3) is 8.28. The number of alkyl halides is 3. The molecule has 10 nitrogen and oxygen atoms in total. The Hall–Kier alpha value is -4.43. The van der Waals surface area contributed by atoms with Crippen molar-refractivity contribution in [1.29, 1.82) is 5.41 Å². The number of hydrogen-bond donors (Lipinski definition) is 4. The van der Waals surface area contributed by atoms with Crippen LogP contribution in [0.3, 0.4) is 0 Å². The number of amidine groups is 1. The van der Waals surface area contributed by atoms with Gasteiger partial charge >= 0.3 is 12.1 Å². The zero-order chi connectivity index (χ0) is 30.4. The van der Waals surface area contributed by atoms with Gasteiger partial charge in [0, 0.05) is 18.7 Å². The summed E-state index contributed by atoms with van der Waals surface area (Å²) in [6.45, 7) is 0.762. The first-order valence-electron chi connectivity index (χ1n) is 12.0. The fourth-order valence-electron chi connectivity index (χ4n) is 3.95. The molecule has 1 fully saturated rings. The van der Waals surface area contributed by atoms with E-state index in [9.17, 15) is 26.4 Å². The second-order valence-corrected chi connectivity index (χ2v) is 10.6. The SMILES string of the molecule is COc1cccc(-c2ccc(S(=O)(=O)N[C@H]3CCN(Cc4cccc(C(=N)N)c4)C3=O)cc2)c1.O=C(O)C(F)(F)F. The van der Waals surface area contributed by atoms with Crippen molar-refractivity contribution >= 4 is 27.7 Å². The molecule has 1 heterocycles. The predicted octanol–water partition coefficient (Wildman–Crippen LogP) is 3.36. The second kappa shape index (κ2) is 12.8. The minimum absolute atomic E-state index is 0.0438. The highest BCUT2D eigenvalue weighted by atomic mass is 32.2. The number of sulfonamides is 1. The van der Waals surface area contributed by atoms with Crippen LogP contribution < -0.4 is 15.2 Å². The number of benzene rings is 3. The lowest BCUT2D eigenvalue weighted by Crippen LogP contribution is -2.41. The van der Waals surface area contributed by atoms with Gasteiger partial charge in [-0.2, -0.15) is 17.9 Å². The number of likely N-dealkylation sites (tertiary alicyclic amines) is 1. The Morgan fingerprint density at radius 1 is 1.10 bits per heavy atom. The van der Waals surface area contributed by atoms with Crippen molar-refractivity contribution in [2.24, 2.45) is 5.73 Å². The van der Waals surface area contributed by atoms with E-state index in [2.05, 4.69) is 4.72 Å². The van der Waals surface area contributed by atoms with Gasteiger partial charge in [-0.3, -0.25) is 10.2 Å². The van der Waals surface area contributed by atoms with E-state index in [0.717, 1.165) is 16.7 Å². The zero-order valence-electron chi connectivity index (χ0n) is 21.7. The summed E-state index contributed by atoms with van der Waals surface area (Å²) in [5.41, 5.74) is 8.72. The number of methoxy groups -OCH3 is 1. The number of rotatable bonds is 8. The number of nitrogens with one attached hydrogen (secondary N) is 2. The number of ether oxygens (including phenoxy) is 1. The Kier molecular flexibility index (Phi) is 9.73. The van der Waals surface area contributed by atoms with E-state index >= 15 is 0 Å². The second-order valence-electron chi connectivity index (χ2n) is 8.90. The summed E-state index contributed by atoms with van der Waals surface area (Å²) in [6.07, 6.45) is -4.70. The fraction of sp³-hybridized carbons (Fsp3) is 0.222. The van der Waals surface area contributed by atoms with Crippen molar-refractivity contribution in [3.05, 3.63) is 83.9 Å². The lowest BCUT2D eigenvalue weighted by molar-refractivity contribution is -0.192. The molecule has 0 radical (unpaired) electrons. The molecule has 1 aliphatic rings. The maximum atomic E-state index is 12.9. The van der Waals surface area contributed by atoms with E-state index < -0.39 is 28.2 Å². The summed E-state index contributed by atoms with van der Waals surface area (Å²) in [4.78, 5) is 23.5. The summed E-state index contributed by atoms with van der Waals surface area (Å²) in [6, 6.07) is 20.3. The van der Waals surface area contributed by atoms with Crippen LogP contribution in [0, 0.1) is 5.41 Å². The molecule has 4 rings (SSSR count). The van der Waals surface area contributed by atoms with E-state index in [1.165, 1.54) is 12.1 Å². The third-order valence-electron chi connectivity index (χ3n) is 6.02. The molecule has 0 unspecified atom stereocenters. The van der Waals surface area contributed by atoms with Crippen molar-refractivity contribution in [2.75, 3.05) is 13.7 Å². The smallest absolute Gasteiger partial charge is 0.490 e. The van der Waals surface area contributed by atoms with Gasteiger partial charge in [0.1, 0.15) is 17.6 Å². The first-order chi connectivity index (χ1) is 19.2. The molecule has 1 atom stereocenters. The van der Waals surface area contributed by atoms with Gasteiger partial charge in [-0.1, -0.05) is 42.5 Å². The zero-order valence-corrected chi connectivity index (χ0v) is 22.5. The first-order valence-corrected chi connectivity index (χ1v) is 13.5. The molecule has 0 aliphatic carbocycles. The van der Waals surface area contributed by atoms with Crippen LogP contribution >= 0.6 is 0 Å². The molecular formula is C27H27F3N4O6S. The average Bonchev–Trinajstić information content (AvgIpc) is 3.26. The topological polar surface area (TPSA) is 163 Å². The van der Waals surface area contributed by atoms with Crippen LogP contribution in [0.5, 0.6) is 5.75 Å². The van der Waals surface area contributed by atoms with Gasteiger partial charge in [0.25, 0.3) is 0 Å². The van der Waals surface area contributed by atoms with E-state index in [-0.39, 0.29) is 16.6 Å². The monoisotopic (exact) mass is 592 g/mol. The summed E-state index contributed by atoms with van der Waals surface area (Å²) in [7, 11) is -2.28. The van der Waals surface area contributed by atoms with Gasteiger partial charge in [0.15, 0.2) is 0 Å². The number of carboxylic acids is 1. The molecule has 1 aliphatic heterocycles. The van der Waals surface area contributed by atoms with Gasteiger partial charge in [0.05, 0.1) is 12.0 Å². The fourth-order valence-corrected chi connectivity index (χ4v) is 5.17. The van der Waals surface area contributed by atoms with E-state index in [0.29, 0.717) is 30.8 Å². The molecule has 0 saturated carbocycles. The standard InChI is InChI=1S/C25H26N4O4S.C2HF3O2/c1-33-21-7-3-5-19(15-21)18-8-10-22(11-9-18)34(31,32)28-23-12-13-29(25(23)30)16-17-4-2-6-20(14-17)24(26)27;3-2(4,5)1(6)7/h2-11,14-15,23,28H,12-13,16H2,1H3,(H3,26,27);(H,6,7)/t23-;/m0./s1. The number of carbonyl (C=O) groups is 2. The molecular weight excluding hydrogens is 565 g/mol. The number of carboxylic acid groups (broad SMARTS) is 1. The molecule has 1 saturated heterocycles. The number of nitrogens with zero attached hydrogens (tertiary/aromatic N) is 1. The van der Waals surface area contributed by atoms with Crippen LogP contribution in [0.2, 0.25) is 0 Å². The minimum atomic E-state index is -5.08. The number of amides is 1. The number of nitrogens with two attached hydrogens (primary N) is 1. The number of halogens is 3. The van der Waals surface area contributed by atoms with E-state index in [1.807, 2.05) is 30.3 Å². The highest BCUT2D eigenvalue weighted by Gasteiger charge is 2.38. The van der Waals surface area contributed by atoms with Gasteiger partial charge in [-0.15, -0.1) is 0 Å². The number of carbonyl (C=O) groups excluding carboxylic acids is 1. The third-order valence-corrected chi connectivity index (χ3v) is 7.50. The molecule has 0 spiro atoms. The first kappa shape index (κ1) is 31.1. The van der Waals surface area contributed by atoms with Crippen molar-refractivity contribution < 1.29 is 41.0 Å². The van der Waals surface area contributed by atoms with Crippen LogP contribution in [0.1, 0.15) is 17.5 Å². The van der Waals surface area contributed by atoms with E-state index in [4.69, 9.17) is 25.8 Å². The van der Waals surface area contributed by atoms with Crippen LogP contribution in [-0.2, 0) is 26.2 Å². The average molecular weight is 593 g/mol. The van der Waals surface area contributed by atoms with Crippen molar-refractivity contribution in [3.63, 3.8) is 0 Å². The number of hydrogen-bond acceptors (Lipinski definition) is 6. The number of nitrogen functional groups attached to an aromatic ring is 1. The quantitative estimate of drug-likeness (QED) is 0.230. The molecule has 0 bridgehead atoms. The van der Waals surface area contributed by atoms with Gasteiger partial charge in [-0.25, -0.2) is 13.2 Å². The number of aliphatic carboxylic acids is 1. The normalized spacial score (nSPS) is 15.2. The summed E-state index contributed by atoms with van der Waals surface area (Å²) in [5, 5.41) is 14.7. The molecule has 3 aromatic rings. The summed E-state index contributed by atoms with van der Waals surface area (Å²) >= 11 is 0. The molecule has 1 amide bonds. The Morgan fingerprint density at radius 2 is 1.73 bits per heavy atom. The lowest BCUT2D eigenvalue weighted by atomic mass is 10.1.